The second-order valence-corrected chi connectivity index (χ2v) is 5.85. The highest BCUT2D eigenvalue weighted by Crippen LogP contribution is 2.22. The molecule has 6 heteroatoms. The molecule has 0 saturated carbocycles. The Balaban J connectivity index is 1.93. The molecule has 2 aromatic rings. The lowest BCUT2D eigenvalue weighted by Gasteiger charge is -2.14. The van der Waals surface area contributed by atoms with Crippen LogP contribution in [0.3, 0.4) is 0 Å². The topological polar surface area (TPSA) is 75.6 Å². The van der Waals surface area contributed by atoms with Gasteiger partial charge >= 0.3 is 5.97 Å². The van der Waals surface area contributed by atoms with Crippen molar-refractivity contribution in [2.45, 2.75) is 26.5 Å². The van der Waals surface area contributed by atoms with Crippen molar-refractivity contribution >= 4 is 23.2 Å². The molecule has 0 spiro atoms. The maximum absolute atomic E-state index is 12.0. The molecule has 1 heterocycles. The van der Waals surface area contributed by atoms with E-state index in [0.29, 0.717) is 12.1 Å². The zero-order valence-electron chi connectivity index (χ0n) is 12.3. The molecule has 2 rings (SSSR count). The number of carbonyl (C=O) groups is 2. The van der Waals surface area contributed by atoms with Crippen LogP contribution in [0, 0.1) is 6.92 Å². The summed E-state index contributed by atoms with van der Waals surface area (Å²) < 4.78 is 5.10. The van der Waals surface area contributed by atoms with E-state index < -0.39 is 12.1 Å². The summed E-state index contributed by atoms with van der Waals surface area (Å²) in [6.07, 6.45) is -0.938. The highest BCUT2D eigenvalue weighted by Gasteiger charge is 2.21. The Morgan fingerprint density at radius 1 is 1.32 bits per heavy atom. The van der Waals surface area contributed by atoms with Gasteiger partial charge in [-0.1, -0.05) is 18.2 Å². The van der Waals surface area contributed by atoms with Crippen molar-refractivity contribution in [1.82, 2.24) is 5.32 Å². The SMILES string of the molecule is Cc1cccc(C(=O)OC(C)C(=O)NCc2cccs2)c1O. The summed E-state index contributed by atoms with van der Waals surface area (Å²) in [6, 6.07) is 8.60. The number of hydrogen-bond acceptors (Lipinski definition) is 5. The summed E-state index contributed by atoms with van der Waals surface area (Å²) in [5, 5.41) is 14.5. The summed E-state index contributed by atoms with van der Waals surface area (Å²) in [5.41, 5.74) is 0.627. The van der Waals surface area contributed by atoms with Crippen LogP contribution in [0.2, 0.25) is 0 Å². The van der Waals surface area contributed by atoms with Crippen molar-refractivity contribution in [1.29, 1.82) is 0 Å². The lowest BCUT2D eigenvalue weighted by Crippen LogP contribution is -2.35. The molecule has 116 valence electrons. The van der Waals surface area contributed by atoms with E-state index in [4.69, 9.17) is 4.74 Å². The Labute approximate surface area is 132 Å². The number of phenolic OH excluding ortho intramolecular Hbond substituents is 1. The molecular weight excluding hydrogens is 302 g/mol. The Morgan fingerprint density at radius 2 is 2.09 bits per heavy atom. The fourth-order valence-corrected chi connectivity index (χ4v) is 2.48. The summed E-state index contributed by atoms with van der Waals surface area (Å²) >= 11 is 1.54. The monoisotopic (exact) mass is 319 g/mol. The molecule has 0 radical (unpaired) electrons. The molecule has 0 aliphatic heterocycles. The van der Waals surface area contributed by atoms with E-state index in [9.17, 15) is 14.7 Å². The highest BCUT2D eigenvalue weighted by atomic mass is 32.1. The van der Waals surface area contributed by atoms with Crippen LogP contribution in [-0.2, 0) is 16.1 Å². The smallest absolute Gasteiger partial charge is 0.342 e. The maximum Gasteiger partial charge on any atom is 0.342 e. The van der Waals surface area contributed by atoms with Crippen molar-refractivity contribution in [2.24, 2.45) is 0 Å². The summed E-state index contributed by atoms with van der Waals surface area (Å²) in [4.78, 5) is 24.9. The quantitative estimate of drug-likeness (QED) is 0.831. The van der Waals surface area contributed by atoms with Crippen LogP contribution in [0.4, 0.5) is 0 Å². The molecule has 0 fully saturated rings. The first-order valence-electron chi connectivity index (χ1n) is 6.78. The number of amides is 1. The largest absolute Gasteiger partial charge is 0.507 e. The molecular formula is C16H17NO4S. The van der Waals surface area contributed by atoms with Gasteiger partial charge in [-0.2, -0.15) is 0 Å². The van der Waals surface area contributed by atoms with Crippen molar-refractivity contribution in [3.63, 3.8) is 0 Å². The Morgan fingerprint density at radius 3 is 2.77 bits per heavy atom. The zero-order chi connectivity index (χ0) is 16.1. The van der Waals surface area contributed by atoms with Gasteiger partial charge in [-0.3, -0.25) is 4.79 Å². The van der Waals surface area contributed by atoms with Crippen LogP contribution in [0.1, 0.15) is 27.7 Å². The first-order valence-corrected chi connectivity index (χ1v) is 7.66. The predicted octanol–water partition coefficient (Wildman–Crippen LogP) is 2.62. The van der Waals surface area contributed by atoms with E-state index in [-0.39, 0.29) is 17.2 Å². The minimum Gasteiger partial charge on any atom is -0.507 e. The number of aromatic hydroxyl groups is 1. The summed E-state index contributed by atoms with van der Waals surface area (Å²) in [6.45, 7) is 3.58. The highest BCUT2D eigenvalue weighted by molar-refractivity contribution is 7.09. The molecule has 0 bridgehead atoms. The molecule has 1 amide bonds. The number of hydrogen-bond donors (Lipinski definition) is 2. The van der Waals surface area contributed by atoms with Gasteiger partial charge in [-0.05, 0) is 36.9 Å². The molecule has 2 N–H and O–H groups in total. The van der Waals surface area contributed by atoms with Gasteiger partial charge in [0.05, 0.1) is 6.54 Å². The van der Waals surface area contributed by atoms with Gasteiger partial charge in [0, 0.05) is 4.88 Å². The summed E-state index contributed by atoms with van der Waals surface area (Å²) in [5.74, 6) is -1.23. The van der Waals surface area contributed by atoms with Gasteiger partial charge in [0.2, 0.25) is 0 Å². The van der Waals surface area contributed by atoms with Gasteiger partial charge in [0.25, 0.3) is 5.91 Å². The normalized spacial score (nSPS) is 11.7. The van der Waals surface area contributed by atoms with Crippen molar-refractivity contribution < 1.29 is 19.4 Å². The first-order chi connectivity index (χ1) is 10.5. The minimum absolute atomic E-state index is 0.0536. The third-order valence-electron chi connectivity index (χ3n) is 3.13. The lowest BCUT2D eigenvalue weighted by molar-refractivity contribution is -0.129. The Kier molecular flexibility index (Phi) is 5.16. The third-order valence-corrected chi connectivity index (χ3v) is 4.00. The van der Waals surface area contributed by atoms with E-state index in [1.165, 1.54) is 24.3 Å². The number of para-hydroxylation sites is 1. The molecule has 1 atom stereocenters. The van der Waals surface area contributed by atoms with Crippen molar-refractivity contribution in [3.05, 3.63) is 51.7 Å². The van der Waals surface area contributed by atoms with Crippen LogP contribution >= 0.6 is 11.3 Å². The van der Waals surface area contributed by atoms with E-state index in [0.717, 1.165) is 4.88 Å². The zero-order valence-corrected chi connectivity index (χ0v) is 13.1. The molecule has 1 unspecified atom stereocenters. The van der Waals surface area contributed by atoms with Crippen LogP contribution in [-0.4, -0.2) is 23.1 Å². The molecule has 1 aromatic heterocycles. The molecule has 0 saturated heterocycles. The van der Waals surface area contributed by atoms with Gasteiger partial charge in [-0.25, -0.2) is 4.79 Å². The van der Waals surface area contributed by atoms with E-state index in [1.54, 1.807) is 19.1 Å². The van der Waals surface area contributed by atoms with E-state index >= 15 is 0 Å². The number of aryl methyl sites for hydroxylation is 1. The van der Waals surface area contributed by atoms with Crippen molar-refractivity contribution in [3.8, 4) is 5.75 Å². The van der Waals surface area contributed by atoms with Crippen LogP contribution in [0.15, 0.2) is 35.7 Å². The molecule has 1 aromatic carbocycles. The number of phenols is 1. The molecule has 0 aliphatic carbocycles. The second kappa shape index (κ2) is 7.09. The van der Waals surface area contributed by atoms with E-state index in [2.05, 4.69) is 5.32 Å². The van der Waals surface area contributed by atoms with Crippen LogP contribution in [0.5, 0.6) is 5.75 Å². The second-order valence-electron chi connectivity index (χ2n) is 4.82. The van der Waals surface area contributed by atoms with Crippen LogP contribution in [0.25, 0.3) is 0 Å². The van der Waals surface area contributed by atoms with Gasteiger partial charge in [-0.15, -0.1) is 11.3 Å². The number of thiophene rings is 1. The van der Waals surface area contributed by atoms with Gasteiger partial charge in [0.15, 0.2) is 6.10 Å². The number of esters is 1. The number of rotatable bonds is 5. The first kappa shape index (κ1) is 16.0. The fourth-order valence-electron chi connectivity index (χ4n) is 1.83. The molecule has 0 aliphatic rings. The Hall–Kier alpha value is -2.34. The number of carbonyl (C=O) groups excluding carboxylic acids is 2. The molecule has 5 nitrogen and oxygen atoms in total. The average Bonchev–Trinajstić information content (AvgIpc) is 3.00. The fraction of sp³-hybridized carbons (Fsp3) is 0.250. The lowest BCUT2D eigenvalue weighted by atomic mass is 10.1. The maximum atomic E-state index is 12.0. The van der Waals surface area contributed by atoms with Gasteiger partial charge < -0.3 is 15.2 Å². The van der Waals surface area contributed by atoms with Crippen molar-refractivity contribution in [2.75, 3.05) is 0 Å². The minimum atomic E-state index is -0.938. The standard InChI is InChI=1S/C16H17NO4S/c1-10-5-3-7-13(14(10)18)16(20)21-11(2)15(19)17-9-12-6-4-8-22-12/h3-8,11,18H,9H2,1-2H3,(H,17,19). The van der Waals surface area contributed by atoms with Crippen LogP contribution < -0.4 is 5.32 Å². The molecule has 22 heavy (non-hydrogen) atoms. The number of nitrogens with one attached hydrogen (secondary N) is 1. The number of ether oxygens (including phenoxy) is 1. The third kappa shape index (κ3) is 3.85. The predicted molar refractivity (Wildman–Crippen MR) is 83.9 cm³/mol. The summed E-state index contributed by atoms with van der Waals surface area (Å²) in [7, 11) is 0. The average molecular weight is 319 g/mol. The van der Waals surface area contributed by atoms with E-state index in [1.807, 2.05) is 17.5 Å². The Bertz CT molecular complexity index is 667. The van der Waals surface area contributed by atoms with Gasteiger partial charge in [0.1, 0.15) is 11.3 Å². The number of benzene rings is 1.